The molecule has 0 bridgehead atoms. The molecular weight excluding hydrogens is 244 g/mol. The van der Waals surface area contributed by atoms with Gasteiger partial charge < -0.3 is 4.90 Å². The number of benzene rings is 1. The van der Waals surface area contributed by atoms with Crippen molar-refractivity contribution in [3.63, 3.8) is 0 Å². The number of anilines is 1. The van der Waals surface area contributed by atoms with Gasteiger partial charge in [0.1, 0.15) is 4.32 Å². The molecule has 0 aliphatic rings. The van der Waals surface area contributed by atoms with Crippen LogP contribution in [0, 0.1) is 0 Å². The summed E-state index contributed by atoms with van der Waals surface area (Å²) in [6.07, 6.45) is 0. The Morgan fingerprint density at radius 2 is 2.27 bits per heavy atom. The van der Waals surface area contributed by atoms with Crippen molar-refractivity contribution in [2.45, 2.75) is 6.92 Å². The van der Waals surface area contributed by atoms with Gasteiger partial charge in [0.25, 0.3) is 0 Å². The smallest absolute Gasteiger partial charge is 0.191 e. The molecule has 1 aromatic carbocycles. The van der Waals surface area contributed by atoms with Crippen LogP contribution in [0.1, 0.15) is 6.92 Å². The number of rotatable bonds is 2. The number of aromatic nitrogens is 1. The average molecular weight is 254 g/mol. The van der Waals surface area contributed by atoms with E-state index < -0.39 is 0 Å². The zero-order chi connectivity index (χ0) is 10.8. The topological polar surface area (TPSA) is 16.1 Å². The molecule has 5 heteroatoms. The molecule has 0 aliphatic carbocycles. The minimum atomic E-state index is 0.566. The van der Waals surface area contributed by atoms with Gasteiger partial charge in [-0.2, -0.15) is 0 Å². The maximum atomic E-state index is 5.06. The van der Waals surface area contributed by atoms with Gasteiger partial charge in [-0.1, -0.05) is 35.7 Å². The van der Waals surface area contributed by atoms with Gasteiger partial charge in [-0.05, 0) is 19.1 Å². The lowest BCUT2D eigenvalue weighted by Crippen LogP contribution is -2.24. The van der Waals surface area contributed by atoms with Crippen LogP contribution in [-0.4, -0.2) is 15.8 Å². The molecular formula is C10H10N2S3. The summed E-state index contributed by atoms with van der Waals surface area (Å²) in [5.74, 6) is 0. The summed E-state index contributed by atoms with van der Waals surface area (Å²) < 4.78 is 1.74. The second kappa shape index (κ2) is 4.47. The maximum Gasteiger partial charge on any atom is 0.191 e. The van der Waals surface area contributed by atoms with E-state index in [0.29, 0.717) is 4.32 Å². The van der Waals surface area contributed by atoms with E-state index >= 15 is 0 Å². The molecule has 0 spiro atoms. The molecule has 0 fully saturated rings. The van der Waals surface area contributed by atoms with Crippen molar-refractivity contribution in [3.8, 4) is 0 Å². The van der Waals surface area contributed by atoms with Crippen LogP contribution >= 0.6 is 36.2 Å². The zero-order valence-corrected chi connectivity index (χ0v) is 10.7. The fraction of sp³-hybridized carbons (Fsp3) is 0.200. The minimum absolute atomic E-state index is 0.566. The Balaban J connectivity index is 2.47. The quantitative estimate of drug-likeness (QED) is 0.654. The Kier molecular flexibility index (Phi) is 3.23. The van der Waals surface area contributed by atoms with Crippen LogP contribution in [0.25, 0.3) is 10.2 Å². The van der Waals surface area contributed by atoms with Crippen LogP contribution in [0.2, 0.25) is 0 Å². The fourth-order valence-corrected chi connectivity index (χ4v) is 2.94. The monoisotopic (exact) mass is 254 g/mol. The Morgan fingerprint density at radius 1 is 1.53 bits per heavy atom. The highest BCUT2D eigenvalue weighted by molar-refractivity contribution is 8.11. The summed E-state index contributed by atoms with van der Waals surface area (Å²) >= 11 is 10.9. The Hall–Kier alpha value is -0.650. The first-order valence-electron chi connectivity index (χ1n) is 4.58. The molecule has 2 rings (SSSR count). The van der Waals surface area contributed by atoms with Crippen molar-refractivity contribution in [2.75, 3.05) is 11.4 Å². The normalized spacial score (nSPS) is 10.5. The first-order chi connectivity index (χ1) is 7.22. The molecule has 1 aromatic heterocycles. The van der Waals surface area contributed by atoms with Crippen LogP contribution in [0.3, 0.4) is 0 Å². The molecule has 0 unspecified atom stereocenters. The van der Waals surface area contributed by atoms with Crippen molar-refractivity contribution in [1.82, 2.24) is 4.98 Å². The number of hydrogen-bond acceptors (Lipinski definition) is 3. The number of thiazole rings is 1. The average Bonchev–Trinajstić information content (AvgIpc) is 2.61. The van der Waals surface area contributed by atoms with Crippen molar-refractivity contribution < 1.29 is 0 Å². The Morgan fingerprint density at radius 3 is 2.87 bits per heavy atom. The van der Waals surface area contributed by atoms with Gasteiger partial charge in [0.15, 0.2) is 5.13 Å². The second-order valence-corrected chi connectivity index (χ2v) is 5.11. The van der Waals surface area contributed by atoms with E-state index in [2.05, 4.69) is 23.7 Å². The predicted octanol–water partition coefficient (Wildman–Crippen LogP) is 3.34. The highest BCUT2D eigenvalue weighted by atomic mass is 32.1. The fourth-order valence-electron chi connectivity index (χ4n) is 1.33. The third-order valence-corrected chi connectivity index (χ3v) is 3.58. The van der Waals surface area contributed by atoms with E-state index in [-0.39, 0.29) is 0 Å². The van der Waals surface area contributed by atoms with Crippen LogP contribution in [0.15, 0.2) is 24.3 Å². The molecule has 0 atom stereocenters. The van der Waals surface area contributed by atoms with E-state index in [1.54, 1.807) is 11.3 Å². The lowest BCUT2D eigenvalue weighted by Gasteiger charge is -2.16. The van der Waals surface area contributed by atoms with Gasteiger partial charge in [-0.25, -0.2) is 4.98 Å². The van der Waals surface area contributed by atoms with Crippen LogP contribution < -0.4 is 4.90 Å². The van der Waals surface area contributed by atoms with E-state index in [0.717, 1.165) is 17.2 Å². The third-order valence-electron chi connectivity index (χ3n) is 2.06. The number of para-hydroxylation sites is 1. The Labute approximate surface area is 103 Å². The summed E-state index contributed by atoms with van der Waals surface area (Å²) in [5, 5.41) is 0.915. The molecule has 0 radical (unpaired) electrons. The van der Waals surface area contributed by atoms with Gasteiger partial charge in [-0.15, -0.1) is 12.6 Å². The van der Waals surface area contributed by atoms with E-state index in [4.69, 9.17) is 12.2 Å². The second-order valence-electron chi connectivity index (χ2n) is 2.99. The number of hydrogen-bond donors (Lipinski definition) is 1. The summed E-state index contributed by atoms with van der Waals surface area (Å²) in [5.41, 5.74) is 1.01. The van der Waals surface area contributed by atoms with Crippen LogP contribution in [0.4, 0.5) is 5.13 Å². The maximum absolute atomic E-state index is 5.06. The SMILES string of the molecule is CCN(C(=S)S)c1nc2ccccc2s1. The molecule has 0 saturated heterocycles. The van der Waals surface area contributed by atoms with Crippen molar-refractivity contribution in [3.05, 3.63) is 24.3 Å². The summed E-state index contributed by atoms with van der Waals surface area (Å²) in [6, 6.07) is 8.07. The van der Waals surface area contributed by atoms with E-state index in [1.807, 2.05) is 30.0 Å². The highest BCUT2D eigenvalue weighted by Crippen LogP contribution is 2.28. The van der Waals surface area contributed by atoms with Crippen LogP contribution in [-0.2, 0) is 0 Å². The van der Waals surface area contributed by atoms with Gasteiger partial charge in [0.2, 0.25) is 0 Å². The predicted molar refractivity (Wildman–Crippen MR) is 74.2 cm³/mol. The number of nitrogens with zero attached hydrogens (tertiary/aromatic N) is 2. The van der Waals surface area contributed by atoms with Gasteiger partial charge >= 0.3 is 0 Å². The van der Waals surface area contributed by atoms with Gasteiger partial charge in [-0.3, -0.25) is 0 Å². The highest BCUT2D eigenvalue weighted by Gasteiger charge is 2.11. The molecule has 0 saturated carbocycles. The lowest BCUT2D eigenvalue weighted by molar-refractivity contribution is 1.07. The molecule has 0 N–H and O–H groups in total. The largest absolute Gasteiger partial charge is 0.304 e. The summed E-state index contributed by atoms with van der Waals surface area (Å²) in [4.78, 5) is 6.43. The summed E-state index contributed by atoms with van der Waals surface area (Å²) in [6.45, 7) is 2.83. The molecule has 2 nitrogen and oxygen atoms in total. The molecule has 15 heavy (non-hydrogen) atoms. The minimum Gasteiger partial charge on any atom is -0.304 e. The Bertz CT molecular complexity index is 459. The van der Waals surface area contributed by atoms with Crippen molar-refractivity contribution >= 4 is 55.9 Å². The van der Waals surface area contributed by atoms with Gasteiger partial charge in [0, 0.05) is 6.54 Å². The number of thiocarbonyl (C=S) groups is 1. The third kappa shape index (κ3) is 2.14. The van der Waals surface area contributed by atoms with Gasteiger partial charge in [0.05, 0.1) is 10.2 Å². The first kappa shape index (κ1) is 10.9. The van der Waals surface area contributed by atoms with E-state index in [1.165, 1.54) is 4.70 Å². The first-order valence-corrected chi connectivity index (χ1v) is 6.25. The molecule has 1 heterocycles. The van der Waals surface area contributed by atoms with Crippen molar-refractivity contribution in [1.29, 1.82) is 0 Å². The summed E-state index contributed by atoms with van der Waals surface area (Å²) in [7, 11) is 0. The molecule has 0 amide bonds. The number of thiol groups is 1. The standard InChI is InChI=1S/C10H10N2S3/c1-2-12(10(13)14)9-11-7-5-3-4-6-8(7)15-9/h3-6H,2H2,1H3,(H,13,14). The van der Waals surface area contributed by atoms with Crippen LogP contribution in [0.5, 0.6) is 0 Å². The van der Waals surface area contributed by atoms with E-state index in [9.17, 15) is 0 Å². The number of fused-ring (bicyclic) bond motifs is 1. The zero-order valence-electron chi connectivity index (χ0n) is 8.17. The lowest BCUT2D eigenvalue weighted by atomic mass is 10.3. The molecule has 2 aromatic rings. The molecule has 0 aliphatic heterocycles. The van der Waals surface area contributed by atoms with Crippen molar-refractivity contribution in [2.24, 2.45) is 0 Å². The molecule has 78 valence electrons.